The maximum absolute atomic E-state index is 12.6. The number of halogens is 1. The molecule has 0 saturated carbocycles. The van der Waals surface area contributed by atoms with Gasteiger partial charge in [0.05, 0.1) is 7.11 Å². The van der Waals surface area contributed by atoms with E-state index in [9.17, 15) is 9.18 Å². The molecule has 0 radical (unpaired) electrons. The van der Waals surface area contributed by atoms with Crippen LogP contribution in [0.4, 0.5) is 4.39 Å². The highest BCUT2D eigenvalue weighted by molar-refractivity contribution is 5.88. The van der Waals surface area contributed by atoms with Crippen LogP contribution < -0.4 is 4.74 Å². The summed E-state index contributed by atoms with van der Waals surface area (Å²) >= 11 is 0. The van der Waals surface area contributed by atoms with Gasteiger partial charge in [0, 0.05) is 5.57 Å². The fourth-order valence-electron chi connectivity index (χ4n) is 1.27. The Morgan fingerprint density at radius 2 is 2.00 bits per heavy atom. The summed E-state index contributed by atoms with van der Waals surface area (Å²) in [7, 11) is 1.34. The first kappa shape index (κ1) is 13.2. The number of methoxy groups -OCH3 is 1. The second-order valence-corrected chi connectivity index (χ2v) is 3.34. The zero-order chi connectivity index (χ0) is 12.7. The zero-order valence-corrected chi connectivity index (χ0v) is 9.90. The van der Waals surface area contributed by atoms with Gasteiger partial charge in [0.15, 0.2) is 0 Å². The Bertz CT molecular complexity index is 396. The van der Waals surface area contributed by atoms with Crippen molar-refractivity contribution >= 4 is 5.97 Å². The Morgan fingerprint density at radius 1 is 1.35 bits per heavy atom. The minimum Gasteiger partial charge on any atom is -0.490 e. The molecule has 0 aliphatic heterocycles. The van der Waals surface area contributed by atoms with Gasteiger partial charge in [-0.25, -0.2) is 9.18 Å². The molecule has 0 heterocycles. The first-order valence-electron chi connectivity index (χ1n) is 5.33. The van der Waals surface area contributed by atoms with E-state index in [1.165, 1.54) is 31.4 Å². The Morgan fingerprint density at radius 3 is 2.53 bits per heavy atom. The smallest absolute Gasteiger partial charge is 0.333 e. The van der Waals surface area contributed by atoms with Crippen molar-refractivity contribution in [3.8, 4) is 5.75 Å². The number of benzene rings is 1. The number of hydrogen-bond donors (Lipinski definition) is 0. The lowest BCUT2D eigenvalue weighted by atomic mass is 10.2. The SMILES string of the molecule is CCC(=CCOc1ccc(F)cc1)C(=O)OC. The van der Waals surface area contributed by atoms with E-state index in [4.69, 9.17) is 4.74 Å². The molecule has 0 saturated heterocycles. The van der Waals surface area contributed by atoms with Gasteiger partial charge in [0.2, 0.25) is 0 Å². The molecule has 0 N–H and O–H groups in total. The predicted molar refractivity (Wildman–Crippen MR) is 62.3 cm³/mol. The van der Waals surface area contributed by atoms with E-state index in [2.05, 4.69) is 4.74 Å². The highest BCUT2D eigenvalue weighted by Crippen LogP contribution is 2.11. The molecule has 92 valence electrons. The predicted octanol–water partition coefficient (Wildman–Crippen LogP) is 2.71. The van der Waals surface area contributed by atoms with E-state index in [-0.39, 0.29) is 18.4 Å². The van der Waals surface area contributed by atoms with E-state index in [1.807, 2.05) is 6.92 Å². The summed E-state index contributed by atoms with van der Waals surface area (Å²) in [6.45, 7) is 2.12. The lowest BCUT2D eigenvalue weighted by molar-refractivity contribution is -0.136. The molecule has 0 aliphatic rings. The quantitative estimate of drug-likeness (QED) is 0.584. The molecule has 0 unspecified atom stereocenters. The second-order valence-electron chi connectivity index (χ2n) is 3.34. The summed E-state index contributed by atoms with van der Waals surface area (Å²) in [6.07, 6.45) is 2.24. The standard InChI is InChI=1S/C13H15FO3/c1-3-10(13(15)16-2)8-9-17-12-6-4-11(14)5-7-12/h4-8H,3,9H2,1-2H3. The van der Waals surface area contributed by atoms with Gasteiger partial charge in [-0.1, -0.05) is 6.92 Å². The van der Waals surface area contributed by atoms with Crippen LogP contribution >= 0.6 is 0 Å². The van der Waals surface area contributed by atoms with Crippen molar-refractivity contribution in [1.29, 1.82) is 0 Å². The lowest BCUT2D eigenvalue weighted by Crippen LogP contribution is -2.06. The van der Waals surface area contributed by atoms with Crippen LogP contribution in [-0.2, 0) is 9.53 Å². The van der Waals surface area contributed by atoms with Gasteiger partial charge < -0.3 is 9.47 Å². The second kappa shape index (κ2) is 6.68. The van der Waals surface area contributed by atoms with Gasteiger partial charge in [-0.3, -0.25) is 0 Å². The van der Waals surface area contributed by atoms with E-state index in [1.54, 1.807) is 6.08 Å². The molecule has 0 amide bonds. The molecule has 0 fully saturated rings. The molecular weight excluding hydrogens is 223 g/mol. The molecule has 17 heavy (non-hydrogen) atoms. The van der Waals surface area contributed by atoms with Crippen LogP contribution in [0.3, 0.4) is 0 Å². The minimum atomic E-state index is -0.352. The van der Waals surface area contributed by atoms with Gasteiger partial charge in [-0.2, -0.15) is 0 Å². The average Bonchev–Trinajstić information content (AvgIpc) is 2.36. The van der Waals surface area contributed by atoms with Crippen molar-refractivity contribution in [2.75, 3.05) is 13.7 Å². The van der Waals surface area contributed by atoms with Crippen LogP contribution in [0.5, 0.6) is 5.75 Å². The van der Waals surface area contributed by atoms with Gasteiger partial charge >= 0.3 is 5.97 Å². The summed E-state index contributed by atoms with van der Waals surface area (Å²) in [4.78, 5) is 11.2. The highest BCUT2D eigenvalue weighted by Gasteiger charge is 2.05. The fourth-order valence-corrected chi connectivity index (χ4v) is 1.27. The third-order valence-electron chi connectivity index (χ3n) is 2.22. The number of carbonyl (C=O) groups excluding carboxylic acids is 1. The molecule has 0 aromatic heterocycles. The normalized spacial score (nSPS) is 11.1. The molecule has 0 atom stereocenters. The molecule has 0 bridgehead atoms. The summed E-state index contributed by atoms with van der Waals surface area (Å²) in [5.41, 5.74) is 0.564. The van der Waals surface area contributed by atoms with Gasteiger partial charge in [-0.05, 0) is 36.8 Å². The van der Waals surface area contributed by atoms with Crippen molar-refractivity contribution in [3.05, 3.63) is 41.7 Å². The number of carbonyl (C=O) groups is 1. The Hall–Kier alpha value is -1.84. The van der Waals surface area contributed by atoms with Gasteiger partial charge in [0.25, 0.3) is 0 Å². The van der Waals surface area contributed by atoms with Crippen molar-refractivity contribution in [2.24, 2.45) is 0 Å². The molecule has 0 spiro atoms. The maximum atomic E-state index is 12.6. The van der Waals surface area contributed by atoms with Crippen LogP contribution in [0.2, 0.25) is 0 Å². The van der Waals surface area contributed by atoms with E-state index in [0.717, 1.165) is 0 Å². The van der Waals surface area contributed by atoms with Gasteiger partial charge in [0.1, 0.15) is 18.2 Å². The zero-order valence-electron chi connectivity index (χ0n) is 9.90. The van der Waals surface area contributed by atoms with E-state index >= 15 is 0 Å². The first-order chi connectivity index (χ1) is 8.17. The molecule has 0 aliphatic carbocycles. The van der Waals surface area contributed by atoms with Gasteiger partial charge in [-0.15, -0.1) is 0 Å². The summed E-state index contributed by atoms with van der Waals surface area (Å²) in [5.74, 6) is -0.102. The van der Waals surface area contributed by atoms with Crippen LogP contribution in [0.1, 0.15) is 13.3 Å². The average molecular weight is 238 g/mol. The first-order valence-corrected chi connectivity index (χ1v) is 5.33. The van der Waals surface area contributed by atoms with E-state index in [0.29, 0.717) is 17.7 Å². The Balaban J connectivity index is 2.53. The van der Waals surface area contributed by atoms with Crippen molar-refractivity contribution in [2.45, 2.75) is 13.3 Å². The van der Waals surface area contributed by atoms with E-state index < -0.39 is 0 Å². The third-order valence-corrected chi connectivity index (χ3v) is 2.22. The van der Waals surface area contributed by atoms with Crippen LogP contribution in [-0.4, -0.2) is 19.7 Å². The number of ether oxygens (including phenoxy) is 2. The minimum absolute atomic E-state index is 0.254. The third kappa shape index (κ3) is 4.26. The summed E-state index contributed by atoms with van der Waals surface area (Å²) in [5, 5.41) is 0. The number of rotatable bonds is 5. The lowest BCUT2D eigenvalue weighted by Gasteiger charge is -2.05. The largest absolute Gasteiger partial charge is 0.490 e. The number of hydrogen-bond acceptors (Lipinski definition) is 3. The fraction of sp³-hybridized carbons (Fsp3) is 0.308. The summed E-state index contributed by atoms with van der Waals surface area (Å²) in [6, 6.07) is 5.71. The topological polar surface area (TPSA) is 35.5 Å². The molecule has 1 aromatic carbocycles. The molecule has 1 aromatic rings. The number of esters is 1. The van der Waals surface area contributed by atoms with Crippen molar-refractivity contribution in [1.82, 2.24) is 0 Å². The van der Waals surface area contributed by atoms with Crippen molar-refractivity contribution in [3.63, 3.8) is 0 Å². The van der Waals surface area contributed by atoms with Crippen LogP contribution in [0.25, 0.3) is 0 Å². The van der Waals surface area contributed by atoms with Crippen LogP contribution in [0.15, 0.2) is 35.9 Å². The highest BCUT2D eigenvalue weighted by atomic mass is 19.1. The summed E-state index contributed by atoms with van der Waals surface area (Å²) < 4.78 is 22.6. The Kier molecular flexibility index (Phi) is 5.20. The molecular formula is C13H15FO3. The molecule has 4 heteroatoms. The molecule has 1 rings (SSSR count). The van der Waals surface area contributed by atoms with Crippen LogP contribution in [0, 0.1) is 5.82 Å². The molecule has 3 nitrogen and oxygen atoms in total. The maximum Gasteiger partial charge on any atom is 0.333 e. The van der Waals surface area contributed by atoms with Crippen molar-refractivity contribution < 1.29 is 18.7 Å². The monoisotopic (exact) mass is 238 g/mol. The Labute approximate surface area is 99.9 Å².